The highest BCUT2D eigenvalue weighted by Gasteiger charge is 2.28. The summed E-state index contributed by atoms with van der Waals surface area (Å²) >= 11 is 0. The first-order chi connectivity index (χ1) is 37.0. The molecule has 0 aliphatic heterocycles. The molecule has 0 spiro atoms. The maximum Gasteiger partial charge on any atom is 0.249 e. The molecule has 0 aliphatic rings. The molecule has 0 aliphatic carbocycles. The molecule has 6 nitrogen and oxygen atoms in total. The summed E-state index contributed by atoms with van der Waals surface area (Å²) in [4.78, 5) is 12.7. The summed E-state index contributed by atoms with van der Waals surface area (Å²) in [5.41, 5.74) is 0. The van der Waals surface area contributed by atoms with Crippen molar-refractivity contribution in [3.63, 3.8) is 0 Å². The lowest BCUT2D eigenvalue weighted by atomic mass is 10.00. The first kappa shape index (κ1) is 74.0. The van der Waals surface area contributed by atoms with Gasteiger partial charge < -0.3 is 25.7 Å². The lowest BCUT2D eigenvalue weighted by Crippen LogP contribution is -2.53. The first-order valence-electron chi connectivity index (χ1n) is 34.6. The second-order valence-corrected chi connectivity index (χ2v) is 24.2. The molecule has 4 unspecified atom stereocenters. The monoisotopic (exact) mass is 1060 g/mol. The molecule has 0 saturated heterocycles. The third kappa shape index (κ3) is 57.5. The van der Waals surface area contributed by atoms with E-state index in [-0.39, 0.29) is 0 Å². The molecule has 448 valence electrons. The van der Waals surface area contributed by atoms with Gasteiger partial charge in [0.05, 0.1) is 18.8 Å². The van der Waals surface area contributed by atoms with Gasteiger partial charge in [0.1, 0.15) is 12.2 Å². The highest BCUT2D eigenvalue weighted by Crippen LogP contribution is 2.20. The van der Waals surface area contributed by atoms with Gasteiger partial charge in [-0.15, -0.1) is 0 Å². The standard InChI is InChI=1S/C69H137NO5/c1-3-5-7-9-11-13-15-17-19-21-23-25-27-29-31-33-35-36-38-40-42-44-46-48-50-52-54-56-58-60-62-66(72)68(74)65(64-71)70-69(75)67(73)63-61-59-57-55-53-51-49-47-45-43-41-39-37-34-32-30-28-26-24-22-20-18-16-14-12-10-8-6-4-2/h54,56,65-68,71-74H,3-53,55,57-64H2,1-2H3,(H,70,75)/b56-54+. The number of nitrogens with one attached hydrogen (secondary N) is 1. The molecule has 75 heavy (non-hydrogen) atoms. The van der Waals surface area contributed by atoms with Crippen LogP contribution in [0.1, 0.15) is 393 Å². The average molecular weight is 1060 g/mol. The molecular formula is C69H137NO5. The smallest absolute Gasteiger partial charge is 0.249 e. The number of unbranched alkanes of at least 4 members (excludes halogenated alkanes) is 54. The minimum atomic E-state index is -1.28. The lowest BCUT2D eigenvalue weighted by molar-refractivity contribution is -0.132. The van der Waals surface area contributed by atoms with E-state index in [1.165, 1.54) is 327 Å². The van der Waals surface area contributed by atoms with Crippen LogP contribution < -0.4 is 5.32 Å². The zero-order valence-electron chi connectivity index (χ0n) is 51.1. The molecular weight excluding hydrogens is 923 g/mol. The van der Waals surface area contributed by atoms with E-state index >= 15 is 0 Å². The minimum absolute atomic E-state index is 0.369. The van der Waals surface area contributed by atoms with Crippen molar-refractivity contribution in [3.8, 4) is 0 Å². The summed E-state index contributed by atoms with van der Waals surface area (Å²) < 4.78 is 0. The maximum atomic E-state index is 12.7. The van der Waals surface area contributed by atoms with Crippen molar-refractivity contribution < 1.29 is 25.2 Å². The van der Waals surface area contributed by atoms with Gasteiger partial charge in [0.2, 0.25) is 5.91 Å². The van der Waals surface area contributed by atoms with Gasteiger partial charge in [-0.2, -0.15) is 0 Å². The van der Waals surface area contributed by atoms with Crippen LogP contribution in [0.2, 0.25) is 0 Å². The Morgan fingerprint density at radius 3 is 0.800 bits per heavy atom. The van der Waals surface area contributed by atoms with E-state index in [0.717, 1.165) is 38.5 Å². The van der Waals surface area contributed by atoms with Crippen molar-refractivity contribution in [2.24, 2.45) is 0 Å². The Hall–Kier alpha value is -0.950. The zero-order valence-corrected chi connectivity index (χ0v) is 51.1. The van der Waals surface area contributed by atoms with Crippen LogP contribution >= 0.6 is 0 Å². The molecule has 0 aromatic heterocycles. The average Bonchev–Trinajstić information content (AvgIpc) is 3.42. The number of aliphatic hydroxyl groups excluding tert-OH is 4. The van der Waals surface area contributed by atoms with E-state index in [2.05, 4.69) is 31.3 Å². The second kappa shape index (κ2) is 63.9. The third-order valence-corrected chi connectivity index (χ3v) is 16.7. The van der Waals surface area contributed by atoms with Crippen molar-refractivity contribution in [1.29, 1.82) is 0 Å². The van der Waals surface area contributed by atoms with Gasteiger partial charge in [-0.3, -0.25) is 4.79 Å². The zero-order chi connectivity index (χ0) is 54.4. The number of carbonyl (C=O) groups is 1. The molecule has 0 rings (SSSR count). The number of allylic oxidation sites excluding steroid dienone is 2. The Morgan fingerprint density at radius 2 is 0.547 bits per heavy atom. The van der Waals surface area contributed by atoms with E-state index in [1.807, 2.05) is 0 Å². The van der Waals surface area contributed by atoms with Crippen LogP contribution in [0.5, 0.6) is 0 Å². The van der Waals surface area contributed by atoms with Crippen LogP contribution in [0.4, 0.5) is 0 Å². The van der Waals surface area contributed by atoms with E-state index in [1.54, 1.807) is 0 Å². The van der Waals surface area contributed by atoms with Crippen molar-refractivity contribution in [2.75, 3.05) is 6.61 Å². The Balaban J connectivity index is 3.55. The Morgan fingerprint density at radius 1 is 0.320 bits per heavy atom. The van der Waals surface area contributed by atoms with Gasteiger partial charge in [-0.25, -0.2) is 0 Å². The number of hydrogen-bond donors (Lipinski definition) is 5. The molecule has 0 radical (unpaired) electrons. The normalized spacial score (nSPS) is 13.5. The van der Waals surface area contributed by atoms with Gasteiger partial charge in [-0.1, -0.05) is 366 Å². The number of carbonyl (C=O) groups excluding carboxylic acids is 1. The quantitative estimate of drug-likeness (QED) is 0.0308. The summed E-state index contributed by atoms with van der Waals surface area (Å²) in [6.45, 7) is 4.11. The summed E-state index contributed by atoms with van der Waals surface area (Å²) in [6.07, 6.45) is 79.1. The molecule has 0 fully saturated rings. The van der Waals surface area contributed by atoms with Crippen molar-refractivity contribution in [3.05, 3.63) is 12.2 Å². The molecule has 0 aromatic rings. The summed E-state index contributed by atoms with van der Waals surface area (Å²) in [6, 6.07) is -1.00. The molecule has 6 heteroatoms. The number of hydrogen-bond acceptors (Lipinski definition) is 5. The fourth-order valence-corrected chi connectivity index (χ4v) is 11.4. The number of aliphatic hydroxyl groups is 4. The molecule has 5 N–H and O–H groups in total. The van der Waals surface area contributed by atoms with Gasteiger partial charge in [0, 0.05) is 0 Å². The largest absolute Gasteiger partial charge is 0.394 e. The maximum absolute atomic E-state index is 12.7. The van der Waals surface area contributed by atoms with Gasteiger partial charge >= 0.3 is 0 Å². The summed E-state index contributed by atoms with van der Waals surface area (Å²) in [7, 11) is 0. The van der Waals surface area contributed by atoms with E-state index in [4.69, 9.17) is 0 Å². The van der Waals surface area contributed by atoms with E-state index in [9.17, 15) is 25.2 Å². The molecule has 4 atom stereocenters. The second-order valence-electron chi connectivity index (χ2n) is 24.2. The minimum Gasteiger partial charge on any atom is -0.394 e. The summed E-state index contributed by atoms with van der Waals surface area (Å²) in [5, 5.41) is 44.2. The van der Waals surface area contributed by atoms with Crippen LogP contribution in [-0.2, 0) is 4.79 Å². The van der Waals surface area contributed by atoms with E-state index in [0.29, 0.717) is 12.8 Å². The van der Waals surface area contributed by atoms with Gasteiger partial charge in [0.15, 0.2) is 0 Å². The highest BCUT2D eigenvalue weighted by atomic mass is 16.3. The fourth-order valence-electron chi connectivity index (χ4n) is 11.4. The first-order valence-corrected chi connectivity index (χ1v) is 34.6. The SMILES string of the molecule is CCCCCCCCCCCCCCCCCCCCCCCCCCC/C=C/CCCC(O)C(O)C(CO)NC(=O)C(O)CCCCCCCCCCCCCCCCCCCCCCCCCCCCCCC. The van der Waals surface area contributed by atoms with Crippen LogP contribution in [0, 0.1) is 0 Å². The molecule has 0 aromatic carbocycles. The van der Waals surface area contributed by atoms with Crippen molar-refractivity contribution in [2.45, 2.75) is 417 Å². The Kier molecular flexibility index (Phi) is 63.1. The van der Waals surface area contributed by atoms with Crippen LogP contribution in [-0.4, -0.2) is 57.3 Å². The third-order valence-electron chi connectivity index (χ3n) is 16.7. The highest BCUT2D eigenvalue weighted by molar-refractivity contribution is 5.80. The molecule has 1 amide bonds. The van der Waals surface area contributed by atoms with E-state index < -0.39 is 36.9 Å². The molecule has 0 heterocycles. The number of amides is 1. The van der Waals surface area contributed by atoms with Crippen LogP contribution in [0.15, 0.2) is 12.2 Å². The van der Waals surface area contributed by atoms with Gasteiger partial charge in [0.25, 0.3) is 0 Å². The molecule has 0 bridgehead atoms. The predicted molar refractivity (Wildman–Crippen MR) is 330 cm³/mol. The predicted octanol–water partition coefficient (Wildman–Crippen LogP) is 21.2. The topological polar surface area (TPSA) is 110 Å². The fraction of sp³-hybridized carbons (Fsp3) is 0.957. The summed E-state index contributed by atoms with van der Waals surface area (Å²) in [5.74, 6) is -0.584. The van der Waals surface area contributed by atoms with Crippen LogP contribution in [0.25, 0.3) is 0 Å². The van der Waals surface area contributed by atoms with Crippen LogP contribution in [0.3, 0.4) is 0 Å². The van der Waals surface area contributed by atoms with Crippen molar-refractivity contribution in [1.82, 2.24) is 5.32 Å². The Bertz CT molecular complexity index is 1100. The van der Waals surface area contributed by atoms with Crippen molar-refractivity contribution >= 4 is 5.91 Å². The van der Waals surface area contributed by atoms with Gasteiger partial charge in [-0.05, 0) is 38.5 Å². The lowest BCUT2D eigenvalue weighted by Gasteiger charge is -2.27. The molecule has 0 saturated carbocycles. The Labute approximate surface area is 470 Å². The number of rotatable bonds is 65.